The number of carboxylic acids is 1. The number of hydrogen-bond donors (Lipinski definition) is 6. The lowest BCUT2D eigenvalue weighted by Crippen LogP contribution is -2.58. The lowest BCUT2D eigenvalue weighted by Gasteiger charge is -2.31. The Labute approximate surface area is 290 Å². The molecule has 3 rings (SSSR count). The van der Waals surface area contributed by atoms with Gasteiger partial charge in [-0.15, -0.1) is 0 Å². The number of carbonyl (C=O) groups excluding carboxylic acids is 4. The molecule has 14 nitrogen and oxygen atoms in total. The number of aliphatic carboxylic acids is 1. The van der Waals surface area contributed by atoms with E-state index in [1.165, 1.54) is 13.1 Å². The standard InChI is InChI=1S/C34H45ClN4O10/c1-33(2,3)48-31(46)36-17-22(40)16-25-29(43)39(7)26(30(44)45)15-20-12-18(8-10-23(20)35)19-9-11-27(41)21(13-19)14-24(28(42)37-25)38-32(47)49-34(4,5)6/h8-13,22,24-26,40-41H,14-17H2,1-7H3,(H,36,46)(H,37,42)(H,38,47)(H,44,45)/t22-,24+,25+,26+/m1/s1. The number of aromatic hydroxyl groups is 1. The number of carboxylic acid groups (broad SMARTS) is 1. The first-order valence-corrected chi connectivity index (χ1v) is 16.1. The van der Waals surface area contributed by atoms with Crippen molar-refractivity contribution >= 4 is 41.6 Å². The van der Waals surface area contributed by atoms with Gasteiger partial charge in [0, 0.05) is 37.9 Å². The molecule has 0 aliphatic carbocycles. The Balaban J connectivity index is 2.09. The summed E-state index contributed by atoms with van der Waals surface area (Å²) in [4.78, 5) is 66.4. The number of rotatable bonds is 6. The number of alkyl carbamates (subject to hydrolysis) is 2. The SMILES string of the molecule is CN1C(=O)[C@H](C[C@@H](O)CNC(=O)OC(C)(C)C)NC(=O)[C@@H](NC(=O)OC(C)(C)C)Cc2cc(ccc2O)-c2ccc(Cl)c(c2)C[C@H]1C(=O)O. The van der Waals surface area contributed by atoms with Gasteiger partial charge in [-0.3, -0.25) is 9.59 Å². The van der Waals surface area contributed by atoms with E-state index >= 15 is 0 Å². The number of fused-ring (bicyclic) bond motifs is 5. The number of nitrogens with one attached hydrogen (secondary N) is 3. The molecule has 0 aromatic heterocycles. The summed E-state index contributed by atoms with van der Waals surface area (Å²) in [6, 6.07) is 5.25. The van der Waals surface area contributed by atoms with Crippen LogP contribution in [0.4, 0.5) is 9.59 Å². The molecule has 4 bridgehead atoms. The summed E-state index contributed by atoms with van der Waals surface area (Å²) >= 11 is 6.48. The highest BCUT2D eigenvalue weighted by Crippen LogP contribution is 2.31. The number of aliphatic hydroxyl groups is 1. The van der Waals surface area contributed by atoms with E-state index < -0.39 is 71.8 Å². The maximum absolute atomic E-state index is 14.0. The second-order valence-electron chi connectivity index (χ2n) is 13.9. The molecule has 2 aromatic carbocycles. The van der Waals surface area contributed by atoms with Crippen molar-refractivity contribution in [1.29, 1.82) is 0 Å². The molecule has 268 valence electrons. The fraction of sp³-hybridized carbons (Fsp3) is 0.500. The van der Waals surface area contributed by atoms with Gasteiger partial charge >= 0.3 is 18.2 Å². The number of phenolic OH excluding ortho intramolecular Hbond substituents is 1. The zero-order valence-electron chi connectivity index (χ0n) is 28.6. The Kier molecular flexibility index (Phi) is 12.5. The molecule has 0 fully saturated rings. The highest BCUT2D eigenvalue weighted by Gasteiger charge is 2.36. The van der Waals surface area contributed by atoms with Crippen LogP contribution >= 0.6 is 11.6 Å². The van der Waals surface area contributed by atoms with Gasteiger partial charge in [0.15, 0.2) is 0 Å². The monoisotopic (exact) mass is 704 g/mol. The number of likely N-dealkylation sites (N-methyl/N-ethyl adjacent to an activating group) is 1. The summed E-state index contributed by atoms with van der Waals surface area (Å²) in [6.07, 6.45) is -4.10. The van der Waals surface area contributed by atoms with Crippen LogP contribution in [0.2, 0.25) is 5.02 Å². The summed E-state index contributed by atoms with van der Waals surface area (Å²) in [5.74, 6) is -3.29. The van der Waals surface area contributed by atoms with Crippen LogP contribution < -0.4 is 16.0 Å². The molecule has 15 heteroatoms. The van der Waals surface area contributed by atoms with Crippen molar-refractivity contribution in [1.82, 2.24) is 20.9 Å². The molecule has 1 heterocycles. The summed E-state index contributed by atoms with van der Waals surface area (Å²) in [5, 5.41) is 39.6. The maximum atomic E-state index is 14.0. The molecule has 49 heavy (non-hydrogen) atoms. The molecule has 1 aliphatic rings. The predicted molar refractivity (Wildman–Crippen MR) is 180 cm³/mol. The van der Waals surface area contributed by atoms with Crippen LogP contribution in [0.1, 0.15) is 59.1 Å². The molecule has 0 saturated carbocycles. The van der Waals surface area contributed by atoms with Crippen molar-refractivity contribution in [3.05, 3.63) is 52.5 Å². The van der Waals surface area contributed by atoms with Crippen molar-refractivity contribution in [2.24, 2.45) is 0 Å². The quantitative estimate of drug-likeness (QED) is 0.259. The lowest BCUT2D eigenvalue weighted by molar-refractivity contribution is -0.150. The molecule has 0 unspecified atom stereocenters. The first kappa shape index (κ1) is 38.9. The van der Waals surface area contributed by atoms with Gasteiger partial charge in [0.25, 0.3) is 0 Å². The van der Waals surface area contributed by atoms with E-state index in [2.05, 4.69) is 16.0 Å². The van der Waals surface area contributed by atoms with Gasteiger partial charge in [0.05, 0.1) is 6.10 Å². The largest absolute Gasteiger partial charge is 0.508 e. The average molecular weight is 705 g/mol. The Hall–Kier alpha value is -4.56. The summed E-state index contributed by atoms with van der Waals surface area (Å²) < 4.78 is 10.5. The van der Waals surface area contributed by atoms with Crippen LogP contribution in [0.15, 0.2) is 36.4 Å². The third kappa shape index (κ3) is 11.5. The Morgan fingerprint density at radius 1 is 0.959 bits per heavy atom. The lowest BCUT2D eigenvalue weighted by atomic mass is 9.95. The number of benzene rings is 2. The smallest absolute Gasteiger partial charge is 0.408 e. The third-order valence-corrected chi connectivity index (χ3v) is 7.78. The van der Waals surface area contributed by atoms with E-state index in [0.717, 1.165) is 4.90 Å². The Morgan fingerprint density at radius 3 is 2.12 bits per heavy atom. The molecule has 0 saturated heterocycles. The van der Waals surface area contributed by atoms with E-state index in [0.29, 0.717) is 16.7 Å². The van der Waals surface area contributed by atoms with Crippen LogP contribution in [0.3, 0.4) is 0 Å². The summed E-state index contributed by atoms with van der Waals surface area (Å²) in [7, 11) is 1.25. The van der Waals surface area contributed by atoms with E-state index in [1.807, 2.05) is 0 Å². The summed E-state index contributed by atoms with van der Waals surface area (Å²) in [5.41, 5.74) is 0.171. The van der Waals surface area contributed by atoms with Crippen LogP contribution in [-0.4, -0.2) is 99.2 Å². The number of ether oxygens (including phenoxy) is 2. The minimum Gasteiger partial charge on any atom is -0.508 e. The molecule has 2 aromatic rings. The molecular formula is C34H45ClN4O10. The zero-order chi connectivity index (χ0) is 36.8. The molecule has 4 amide bonds. The minimum atomic E-state index is -1.54. The van der Waals surface area contributed by atoms with Gasteiger partial charge in [0.2, 0.25) is 11.8 Å². The minimum absolute atomic E-state index is 0.173. The van der Waals surface area contributed by atoms with Crippen molar-refractivity contribution in [2.75, 3.05) is 13.6 Å². The molecule has 0 radical (unpaired) electrons. The van der Waals surface area contributed by atoms with Crippen molar-refractivity contribution in [3.8, 4) is 16.9 Å². The fourth-order valence-electron chi connectivity index (χ4n) is 5.08. The van der Waals surface area contributed by atoms with Crippen molar-refractivity contribution in [3.63, 3.8) is 0 Å². The molecular weight excluding hydrogens is 660 g/mol. The molecule has 6 N–H and O–H groups in total. The van der Waals surface area contributed by atoms with E-state index in [9.17, 15) is 39.3 Å². The van der Waals surface area contributed by atoms with E-state index in [4.69, 9.17) is 21.1 Å². The number of hydrogen-bond acceptors (Lipinski definition) is 9. The highest BCUT2D eigenvalue weighted by molar-refractivity contribution is 6.31. The number of nitrogens with zero attached hydrogens (tertiary/aromatic N) is 1. The molecule has 1 aliphatic heterocycles. The Morgan fingerprint density at radius 2 is 1.53 bits per heavy atom. The van der Waals surface area contributed by atoms with Gasteiger partial charge in [-0.2, -0.15) is 0 Å². The zero-order valence-corrected chi connectivity index (χ0v) is 29.4. The second kappa shape index (κ2) is 15.8. The summed E-state index contributed by atoms with van der Waals surface area (Å²) in [6.45, 7) is 9.50. The van der Waals surface area contributed by atoms with Gasteiger partial charge in [-0.1, -0.05) is 23.7 Å². The van der Waals surface area contributed by atoms with Crippen LogP contribution in [0, 0.1) is 0 Å². The van der Waals surface area contributed by atoms with Crippen LogP contribution in [-0.2, 0) is 36.7 Å². The fourth-order valence-corrected chi connectivity index (χ4v) is 5.28. The van der Waals surface area contributed by atoms with E-state index in [1.54, 1.807) is 71.9 Å². The second-order valence-corrected chi connectivity index (χ2v) is 14.3. The van der Waals surface area contributed by atoms with Gasteiger partial charge in [0.1, 0.15) is 35.1 Å². The number of carbonyl (C=O) groups is 5. The van der Waals surface area contributed by atoms with Crippen molar-refractivity contribution in [2.45, 2.75) is 96.2 Å². The average Bonchev–Trinajstić information content (AvgIpc) is 2.97. The normalized spacial score (nSPS) is 19.4. The maximum Gasteiger partial charge on any atom is 0.408 e. The molecule has 0 spiro atoms. The van der Waals surface area contributed by atoms with E-state index in [-0.39, 0.29) is 35.7 Å². The van der Waals surface area contributed by atoms with Gasteiger partial charge in [-0.05, 0) is 88.1 Å². The number of amides is 4. The number of phenols is 1. The Bertz CT molecular complexity index is 1570. The van der Waals surface area contributed by atoms with Gasteiger partial charge < -0.3 is 45.6 Å². The van der Waals surface area contributed by atoms with Gasteiger partial charge in [-0.25, -0.2) is 14.4 Å². The first-order valence-electron chi connectivity index (χ1n) is 15.7. The third-order valence-electron chi connectivity index (χ3n) is 7.41. The number of aliphatic hydroxyl groups excluding tert-OH is 1. The van der Waals surface area contributed by atoms with Crippen molar-refractivity contribution < 1.29 is 48.8 Å². The topological polar surface area (TPSA) is 204 Å². The predicted octanol–water partition coefficient (Wildman–Crippen LogP) is 3.38. The molecule has 4 atom stereocenters. The van der Waals surface area contributed by atoms with Crippen LogP contribution in [0.25, 0.3) is 11.1 Å². The first-order chi connectivity index (χ1) is 22.6. The van der Waals surface area contributed by atoms with Crippen LogP contribution in [0.5, 0.6) is 5.75 Å². The number of halogens is 1. The highest BCUT2D eigenvalue weighted by atomic mass is 35.5.